The Hall–Kier alpha value is -2.47. The lowest BCUT2D eigenvalue weighted by molar-refractivity contribution is -0.160. The highest BCUT2D eigenvalue weighted by Gasteiger charge is 2.32. The van der Waals surface area contributed by atoms with Crippen molar-refractivity contribution < 1.29 is 9.84 Å². The van der Waals surface area contributed by atoms with Gasteiger partial charge in [0.2, 0.25) is 5.79 Å². The molecule has 0 saturated carbocycles. The third-order valence-corrected chi connectivity index (χ3v) is 4.49. The predicted octanol–water partition coefficient (Wildman–Crippen LogP) is 4.48. The molecule has 1 atom stereocenters. The van der Waals surface area contributed by atoms with Gasteiger partial charge in [0, 0.05) is 39.4 Å². The molecule has 4 nitrogen and oxygen atoms in total. The van der Waals surface area contributed by atoms with Crippen LogP contribution in [0.4, 0.5) is 0 Å². The second-order valence-electron chi connectivity index (χ2n) is 5.84. The van der Waals surface area contributed by atoms with Crippen LogP contribution in [0, 0.1) is 0 Å². The minimum Gasteiger partial charge on any atom is -0.402 e. The number of aliphatic hydroxyl groups is 1. The highest BCUT2D eigenvalue weighted by Crippen LogP contribution is 2.34. The van der Waals surface area contributed by atoms with Gasteiger partial charge in [-0.25, -0.2) is 0 Å². The van der Waals surface area contributed by atoms with Gasteiger partial charge >= 0.3 is 0 Å². The smallest absolute Gasteiger partial charge is 0.219 e. The van der Waals surface area contributed by atoms with Gasteiger partial charge in [0.25, 0.3) is 0 Å². The number of allylic oxidation sites excluding steroid dienone is 6. The summed E-state index contributed by atoms with van der Waals surface area (Å²) >= 11 is 1.50. The van der Waals surface area contributed by atoms with Crippen LogP contribution < -0.4 is 11.5 Å². The van der Waals surface area contributed by atoms with Gasteiger partial charge in [-0.3, -0.25) is 0 Å². The van der Waals surface area contributed by atoms with E-state index in [0.29, 0.717) is 22.5 Å². The molecule has 0 aliphatic carbocycles. The summed E-state index contributed by atoms with van der Waals surface area (Å²) in [5.41, 5.74) is 13.8. The van der Waals surface area contributed by atoms with E-state index in [2.05, 4.69) is 13.2 Å². The first-order valence-electron chi connectivity index (χ1n) is 8.38. The third kappa shape index (κ3) is 6.64. The molecule has 0 bridgehead atoms. The van der Waals surface area contributed by atoms with Crippen molar-refractivity contribution in [3.05, 3.63) is 101 Å². The van der Waals surface area contributed by atoms with E-state index in [1.54, 1.807) is 24.3 Å². The van der Waals surface area contributed by atoms with Gasteiger partial charge in [-0.15, -0.1) is 0 Å². The molecule has 27 heavy (non-hydrogen) atoms. The Bertz CT molecular complexity index is 785. The van der Waals surface area contributed by atoms with Gasteiger partial charge in [-0.05, 0) is 38.1 Å². The Kier molecular flexibility index (Phi) is 8.88. The number of benzene rings is 1. The summed E-state index contributed by atoms with van der Waals surface area (Å²) in [4.78, 5) is 1.83. The maximum Gasteiger partial charge on any atom is 0.219 e. The average Bonchev–Trinajstić information content (AvgIpc) is 2.60. The molecule has 0 fully saturated rings. The first-order valence-corrected chi connectivity index (χ1v) is 9.20. The van der Waals surface area contributed by atoms with Gasteiger partial charge in [-0.1, -0.05) is 61.4 Å². The van der Waals surface area contributed by atoms with Gasteiger partial charge in [0.1, 0.15) is 0 Å². The number of hydrogen-bond donors (Lipinski definition) is 3. The molecule has 0 spiro atoms. The molecule has 0 aliphatic rings. The number of ether oxygens (including phenoxy) is 1. The van der Waals surface area contributed by atoms with E-state index in [1.165, 1.54) is 18.9 Å². The molecule has 0 aromatic heterocycles. The maximum absolute atomic E-state index is 11.1. The van der Waals surface area contributed by atoms with Gasteiger partial charge in [0.05, 0.1) is 0 Å². The Labute approximate surface area is 166 Å². The van der Waals surface area contributed by atoms with Crippen molar-refractivity contribution in [3.8, 4) is 0 Å². The van der Waals surface area contributed by atoms with Crippen LogP contribution in [0.1, 0.15) is 19.4 Å². The summed E-state index contributed by atoms with van der Waals surface area (Å²) in [7, 11) is 1.46. The van der Waals surface area contributed by atoms with Crippen molar-refractivity contribution in [2.75, 3.05) is 7.11 Å². The zero-order valence-corrected chi connectivity index (χ0v) is 16.9. The first kappa shape index (κ1) is 22.6. The lowest BCUT2D eigenvalue weighted by Gasteiger charge is -2.28. The highest BCUT2D eigenvalue weighted by atomic mass is 32.2. The fraction of sp³-hybridized carbons (Fsp3) is 0.182. The quantitative estimate of drug-likeness (QED) is 0.332. The van der Waals surface area contributed by atoms with Crippen molar-refractivity contribution in [2.24, 2.45) is 11.5 Å². The second-order valence-corrected chi connectivity index (χ2v) is 6.99. The number of rotatable bonds is 9. The Morgan fingerprint density at radius 2 is 1.85 bits per heavy atom. The maximum atomic E-state index is 11.1. The van der Waals surface area contributed by atoms with Crippen molar-refractivity contribution in [2.45, 2.75) is 24.5 Å². The molecule has 0 saturated heterocycles. The predicted molar refractivity (Wildman–Crippen MR) is 116 cm³/mol. The summed E-state index contributed by atoms with van der Waals surface area (Å²) < 4.78 is 5.43. The van der Waals surface area contributed by atoms with Crippen LogP contribution in [0.5, 0.6) is 0 Å². The van der Waals surface area contributed by atoms with Crippen molar-refractivity contribution in [3.63, 3.8) is 0 Å². The van der Waals surface area contributed by atoms with Crippen LogP contribution in [0.3, 0.4) is 0 Å². The zero-order valence-electron chi connectivity index (χ0n) is 16.1. The van der Waals surface area contributed by atoms with E-state index in [1.807, 2.05) is 50.3 Å². The van der Waals surface area contributed by atoms with E-state index in [4.69, 9.17) is 16.2 Å². The van der Waals surface area contributed by atoms with Crippen LogP contribution >= 0.6 is 11.8 Å². The van der Waals surface area contributed by atoms with E-state index in [0.717, 1.165) is 9.80 Å². The molecule has 0 radical (unpaired) electrons. The topological polar surface area (TPSA) is 81.5 Å². The van der Waals surface area contributed by atoms with E-state index < -0.39 is 5.79 Å². The van der Waals surface area contributed by atoms with E-state index in [9.17, 15) is 5.11 Å². The Morgan fingerprint density at radius 3 is 2.30 bits per heavy atom. The van der Waals surface area contributed by atoms with Crippen molar-refractivity contribution in [1.29, 1.82) is 0 Å². The Balaban J connectivity index is 3.22. The fourth-order valence-corrected chi connectivity index (χ4v) is 3.38. The SMILES string of the molecule is C=C/C=C(\C=C/C)C(O)(OC)c1ccc(SC(/C=C(\C)N)=C/C(=C)N)cc1. The summed E-state index contributed by atoms with van der Waals surface area (Å²) in [6, 6.07) is 7.44. The van der Waals surface area contributed by atoms with Crippen LogP contribution in [0.15, 0.2) is 101 Å². The number of methoxy groups -OCH3 is 1. The lowest BCUT2D eigenvalue weighted by atomic mass is 9.96. The number of hydrogen-bond acceptors (Lipinski definition) is 5. The number of nitrogens with two attached hydrogens (primary N) is 2. The summed E-state index contributed by atoms with van der Waals surface area (Å²) in [6.07, 6.45) is 10.5. The monoisotopic (exact) mass is 384 g/mol. The molecule has 1 rings (SSSR count). The van der Waals surface area contributed by atoms with Crippen LogP contribution in [-0.4, -0.2) is 12.2 Å². The lowest BCUT2D eigenvalue weighted by Crippen LogP contribution is -2.29. The highest BCUT2D eigenvalue weighted by molar-refractivity contribution is 8.03. The molecule has 1 unspecified atom stereocenters. The fourth-order valence-electron chi connectivity index (χ4n) is 2.38. The van der Waals surface area contributed by atoms with Crippen LogP contribution in [-0.2, 0) is 10.5 Å². The minimum atomic E-state index is -1.57. The largest absolute Gasteiger partial charge is 0.402 e. The molecular weight excluding hydrogens is 356 g/mol. The molecule has 5 heteroatoms. The molecular formula is C22H28N2O2S. The van der Waals surface area contributed by atoms with Crippen LogP contribution in [0.25, 0.3) is 0 Å². The van der Waals surface area contributed by atoms with Gasteiger partial charge < -0.3 is 21.3 Å². The molecule has 5 N–H and O–H groups in total. The molecule has 144 valence electrons. The third-order valence-electron chi connectivity index (χ3n) is 3.51. The average molecular weight is 385 g/mol. The van der Waals surface area contributed by atoms with Crippen LogP contribution in [0.2, 0.25) is 0 Å². The Morgan fingerprint density at radius 1 is 1.22 bits per heavy atom. The first-order chi connectivity index (χ1) is 12.8. The summed E-state index contributed by atoms with van der Waals surface area (Å²) in [6.45, 7) is 11.1. The number of thioether (sulfide) groups is 1. The summed E-state index contributed by atoms with van der Waals surface area (Å²) in [5.74, 6) is -1.57. The van der Waals surface area contributed by atoms with Crippen molar-refractivity contribution in [1.82, 2.24) is 0 Å². The zero-order chi connectivity index (χ0) is 20.4. The van der Waals surface area contributed by atoms with E-state index >= 15 is 0 Å². The molecule has 0 heterocycles. The minimum absolute atomic E-state index is 0.450. The second kappa shape index (κ2) is 10.6. The molecule has 1 aromatic carbocycles. The normalized spacial score (nSPS) is 15.6. The van der Waals surface area contributed by atoms with Gasteiger partial charge in [0.15, 0.2) is 0 Å². The standard InChI is InChI=1S/C22H28N2O2S/c1-6-8-18(9-7-2)22(25,26-5)19-10-12-20(13-11-19)27-21(14-16(3)23)15-17(4)24/h6-15,25H,1,3,23-24H2,2,4-5H3/b9-7-,17-15+,18-8+,21-14+. The van der Waals surface area contributed by atoms with Gasteiger partial charge in [-0.2, -0.15) is 0 Å². The van der Waals surface area contributed by atoms with E-state index in [-0.39, 0.29) is 0 Å². The van der Waals surface area contributed by atoms with Crippen molar-refractivity contribution >= 4 is 11.8 Å². The molecule has 0 amide bonds. The molecule has 0 aliphatic heterocycles. The molecule has 1 aromatic rings. The summed E-state index contributed by atoms with van der Waals surface area (Å²) in [5, 5.41) is 11.1.